The van der Waals surface area contributed by atoms with Gasteiger partial charge in [-0.2, -0.15) is 0 Å². The van der Waals surface area contributed by atoms with Gasteiger partial charge < -0.3 is 9.30 Å². The Hall–Kier alpha value is -1.55. The molecule has 2 heterocycles. The Labute approximate surface area is 154 Å². The Balaban J connectivity index is 0.00000208. The molecule has 0 aliphatic carbocycles. The van der Waals surface area contributed by atoms with Gasteiger partial charge in [0.25, 0.3) is 0 Å². The molecule has 130 valence electrons. The standard InChI is InChI=1S/C20H26N2O.BrH/c1-5-6-11-23-16-7-8-17-18-9-10-21-15(4)20(18)22(13-14(2)3)19(17)12-16;/h7-10,12,14H,5-6,11,13H2,1-4H3;1H. The maximum absolute atomic E-state index is 5.91. The first-order valence-corrected chi connectivity index (χ1v) is 8.62. The molecule has 3 nitrogen and oxygen atoms in total. The van der Waals surface area contributed by atoms with Gasteiger partial charge in [-0.15, -0.1) is 17.0 Å². The monoisotopic (exact) mass is 390 g/mol. The maximum atomic E-state index is 5.91. The van der Waals surface area contributed by atoms with Crippen LogP contribution in [0.1, 0.15) is 39.3 Å². The van der Waals surface area contributed by atoms with E-state index in [0.29, 0.717) is 5.92 Å². The van der Waals surface area contributed by atoms with Gasteiger partial charge in [0, 0.05) is 29.6 Å². The molecule has 0 N–H and O–H groups in total. The molecule has 0 unspecified atom stereocenters. The van der Waals surface area contributed by atoms with Crippen molar-refractivity contribution in [2.75, 3.05) is 6.61 Å². The molecule has 24 heavy (non-hydrogen) atoms. The van der Waals surface area contributed by atoms with E-state index in [4.69, 9.17) is 4.74 Å². The third-order valence-corrected chi connectivity index (χ3v) is 4.24. The Kier molecular flexibility index (Phi) is 6.27. The van der Waals surface area contributed by atoms with Gasteiger partial charge >= 0.3 is 0 Å². The number of rotatable bonds is 6. The van der Waals surface area contributed by atoms with Crippen LogP contribution in [-0.2, 0) is 6.54 Å². The summed E-state index contributed by atoms with van der Waals surface area (Å²) in [4.78, 5) is 4.50. The molecule has 0 saturated heterocycles. The number of fused-ring (bicyclic) bond motifs is 3. The number of aromatic nitrogens is 2. The van der Waals surface area contributed by atoms with Crippen molar-refractivity contribution in [3.8, 4) is 5.75 Å². The van der Waals surface area contributed by atoms with E-state index >= 15 is 0 Å². The summed E-state index contributed by atoms with van der Waals surface area (Å²) in [7, 11) is 0. The van der Waals surface area contributed by atoms with Gasteiger partial charge in [-0.05, 0) is 37.5 Å². The fraction of sp³-hybridized carbons (Fsp3) is 0.450. The van der Waals surface area contributed by atoms with Crippen molar-refractivity contribution in [3.63, 3.8) is 0 Å². The SMILES string of the molecule is Br.CCCCOc1ccc2c3ccnc(C)c3n(CC(C)C)c2c1. The van der Waals surface area contributed by atoms with Gasteiger partial charge in [-0.25, -0.2) is 0 Å². The Morgan fingerprint density at radius 3 is 2.67 bits per heavy atom. The van der Waals surface area contributed by atoms with Crippen molar-refractivity contribution in [1.82, 2.24) is 9.55 Å². The van der Waals surface area contributed by atoms with E-state index in [2.05, 4.69) is 61.5 Å². The highest BCUT2D eigenvalue weighted by Gasteiger charge is 2.14. The van der Waals surface area contributed by atoms with Crippen molar-refractivity contribution in [2.45, 2.75) is 47.1 Å². The lowest BCUT2D eigenvalue weighted by Crippen LogP contribution is -2.05. The molecule has 0 atom stereocenters. The molecule has 4 heteroatoms. The quantitative estimate of drug-likeness (QED) is 0.489. The largest absolute Gasteiger partial charge is 0.494 e. The van der Waals surface area contributed by atoms with Crippen LogP contribution in [-0.4, -0.2) is 16.2 Å². The highest BCUT2D eigenvalue weighted by molar-refractivity contribution is 8.93. The number of halogens is 1. The van der Waals surface area contributed by atoms with E-state index in [1.807, 2.05) is 6.20 Å². The molecule has 0 bridgehead atoms. The predicted molar refractivity (Wildman–Crippen MR) is 108 cm³/mol. The lowest BCUT2D eigenvalue weighted by Gasteiger charge is -2.12. The van der Waals surface area contributed by atoms with Crippen LogP contribution >= 0.6 is 17.0 Å². The zero-order valence-corrected chi connectivity index (χ0v) is 16.7. The van der Waals surface area contributed by atoms with Crippen molar-refractivity contribution in [1.29, 1.82) is 0 Å². The molecule has 0 spiro atoms. The lowest BCUT2D eigenvalue weighted by molar-refractivity contribution is 0.309. The first-order chi connectivity index (χ1) is 11.1. The van der Waals surface area contributed by atoms with Crippen molar-refractivity contribution >= 4 is 38.8 Å². The molecule has 0 fully saturated rings. The number of ether oxygens (including phenoxy) is 1. The molecule has 0 aliphatic rings. The average molecular weight is 391 g/mol. The number of pyridine rings is 1. The molecule has 1 aromatic carbocycles. The third kappa shape index (κ3) is 3.59. The maximum Gasteiger partial charge on any atom is 0.121 e. The minimum Gasteiger partial charge on any atom is -0.494 e. The second-order valence-corrected chi connectivity index (χ2v) is 6.68. The smallest absolute Gasteiger partial charge is 0.121 e. The third-order valence-electron chi connectivity index (χ3n) is 4.24. The van der Waals surface area contributed by atoms with Gasteiger partial charge in [-0.1, -0.05) is 27.2 Å². The van der Waals surface area contributed by atoms with E-state index in [0.717, 1.165) is 37.4 Å². The molecule has 2 aromatic heterocycles. The van der Waals surface area contributed by atoms with Gasteiger partial charge in [0.1, 0.15) is 5.75 Å². The molecule has 0 radical (unpaired) electrons. The van der Waals surface area contributed by atoms with Crippen LogP contribution in [0.4, 0.5) is 0 Å². The molecule has 3 aromatic rings. The summed E-state index contributed by atoms with van der Waals surface area (Å²) in [5.74, 6) is 1.54. The van der Waals surface area contributed by atoms with Crippen LogP contribution in [0.5, 0.6) is 5.75 Å². The normalized spacial score (nSPS) is 11.2. The Morgan fingerprint density at radius 1 is 1.17 bits per heavy atom. The van der Waals surface area contributed by atoms with Crippen LogP contribution in [0.3, 0.4) is 0 Å². The number of nitrogens with zero attached hydrogens (tertiary/aromatic N) is 2. The summed E-state index contributed by atoms with van der Waals surface area (Å²) in [6, 6.07) is 8.59. The molecular weight excluding hydrogens is 364 g/mol. The molecule has 0 saturated carbocycles. The van der Waals surface area contributed by atoms with Gasteiger partial charge in [0.2, 0.25) is 0 Å². The summed E-state index contributed by atoms with van der Waals surface area (Å²) < 4.78 is 8.32. The van der Waals surface area contributed by atoms with Crippen LogP contribution in [0.15, 0.2) is 30.5 Å². The summed E-state index contributed by atoms with van der Waals surface area (Å²) in [5.41, 5.74) is 3.59. The number of aryl methyl sites for hydroxylation is 1. The van der Waals surface area contributed by atoms with E-state index in [1.165, 1.54) is 21.8 Å². The highest BCUT2D eigenvalue weighted by Crippen LogP contribution is 2.33. The average Bonchev–Trinajstić information content (AvgIpc) is 2.82. The van der Waals surface area contributed by atoms with Gasteiger partial charge in [0.15, 0.2) is 0 Å². The van der Waals surface area contributed by atoms with E-state index < -0.39 is 0 Å². The summed E-state index contributed by atoms with van der Waals surface area (Å²) in [6.07, 6.45) is 4.15. The van der Waals surface area contributed by atoms with Crippen LogP contribution < -0.4 is 4.74 Å². The minimum absolute atomic E-state index is 0. The predicted octanol–water partition coefficient (Wildman–Crippen LogP) is 5.91. The highest BCUT2D eigenvalue weighted by atomic mass is 79.9. The topological polar surface area (TPSA) is 27.1 Å². The minimum atomic E-state index is 0. The van der Waals surface area contributed by atoms with Crippen molar-refractivity contribution < 1.29 is 4.74 Å². The van der Waals surface area contributed by atoms with Gasteiger partial charge in [0.05, 0.1) is 23.3 Å². The van der Waals surface area contributed by atoms with E-state index in [-0.39, 0.29) is 17.0 Å². The number of hydrogen-bond donors (Lipinski definition) is 0. The number of benzene rings is 1. The van der Waals surface area contributed by atoms with Crippen LogP contribution in [0.25, 0.3) is 21.8 Å². The number of hydrogen-bond acceptors (Lipinski definition) is 2. The second kappa shape index (κ2) is 8.02. The van der Waals surface area contributed by atoms with Crippen molar-refractivity contribution in [3.05, 3.63) is 36.2 Å². The van der Waals surface area contributed by atoms with Gasteiger partial charge in [-0.3, -0.25) is 4.98 Å². The fourth-order valence-electron chi connectivity index (χ4n) is 3.18. The van der Waals surface area contributed by atoms with Crippen LogP contribution in [0, 0.1) is 12.8 Å². The first kappa shape index (κ1) is 18.8. The summed E-state index contributed by atoms with van der Waals surface area (Å²) in [6.45, 7) is 10.6. The van der Waals surface area contributed by atoms with E-state index in [9.17, 15) is 0 Å². The molecule has 3 rings (SSSR count). The summed E-state index contributed by atoms with van der Waals surface area (Å²) >= 11 is 0. The van der Waals surface area contributed by atoms with E-state index in [1.54, 1.807) is 0 Å². The van der Waals surface area contributed by atoms with Crippen LogP contribution in [0.2, 0.25) is 0 Å². The Morgan fingerprint density at radius 2 is 1.96 bits per heavy atom. The number of unbranched alkanes of at least 4 members (excludes halogenated alkanes) is 1. The summed E-state index contributed by atoms with van der Waals surface area (Å²) in [5, 5.41) is 2.57. The first-order valence-electron chi connectivity index (χ1n) is 8.62. The molecule has 0 amide bonds. The molecule has 0 aliphatic heterocycles. The van der Waals surface area contributed by atoms with Crippen molar-refractivity contribution in [2.24, 2.45) is 5.92 Å². The Bertz CT molecular complexity index is 823. The lowest BCUT2D eigenvalue weighted by atomic mass is 10.1. The molecular formula is C20H27BrN2O. The zero-order valence-electron chi connectivity index (χ0n) is 15.0. The zero-order chi connectivity index (χ0) is 16.4. The second-order valence-electron chi connectivity index (χ2n) is 6.68. The fourth-order valence-corrected chi connectivity index (χ4v) is 3.18.